The molecule has 0 unspecified atom stereocenters. The van der Waals surface area contributed by atoms with Crippen LogP contribution in [0, 0.1) is 6.92 Å². The Balaban J connectivity index is 2.42. The monoisotopic (exact) mass is 277 g/mol. The molecule has 2 aromatic rings. The highest BCUT2D eigenvalue weighted by molar-refractivity contribution is 6.28. The normalized spacial score (nSPS) is 10.8. The average Bonchev–Trinajstić information content (AvgIpc) is 2.35. The predicted molar refractivity (Wildman–Crippen MR) is 76.8 cm³/mol. The van der Waals surface area contributed by atoms with Crippen molar-refractivity contribution in [3.63, 3.8) is 0 Å². The maximum Gasteiger partial charge on any atom is 0.247 e. The van der Waals surface area contributed by atoms with Crippen LogP contribution in [-0.2, 0) is 0 Å². The second-order valence-electron chi connectivity index (χ2n) is 4.59. The van der Waals surface area contributed by atoms with Gasteiger partial charge in [-0.1, -0.05) is 32.0 Å². The fraction of sp³-hybridized carbons (Fsp3) is 0.286. The highest BCUT2D eigenvalue weighted by atomic mass is 35.5. The van der Waals surface area contributed by atoms with Crippen molar-refractivity contribution < 1.29 is 4.74 Å². The van der Waals surface area contributed by atoms with Gasteiger partial charge in [0.05, 0.1) is 5.69 Å². The van der Waals surface area contributed by atoms with Crippen molar-refractivity contribution in [2.24, 2.45) is 0 Å². The first-order valence-corrected chi connectivity index (χ1v) is 6.43. The maximum atomic E-state index is 5.92. The number of anilines is 1. The van der Waals surface area contributed by atoms with Crippen LogP contribution in [0.2, 0.25) is 5.28 Å². The third kappa shape index (κ3) is 2.96. The topological polar surface area (TPSA) is 61.0 Å². The van der Waals surface area contributed by atoms with E-state index in [2.05, 4.69) is 23.8 Å². The van der Waals surface area contributed by atoms with E-state index in [9.17, 15) is 0 Å². The first kappa shape index (κ1) is 13.6. The van der Waals surface area contributed by atoms with Gasteiger partial charge in [0, 0.05) is 0 Å². The summed E-state index contributed by atoms with van der Waals surface area (Å²) in [6, 6.07) is 7.79. The molecular formula is C14H16ClN3O. The number of aromatic nitrogens is 2. The van der Waals surface area contributed by atoms with Crippen molar-refractivity contribution >= 4 is 17.3 Å². The highest BCUT2D eigenvalue weighted by Gasteiger charge is 2.13. The first-order valence-electron chi connectivity index (χ1n) is 6.05. The summed E-state index contributed by atoms with van der Waals surface area (Å²) in [6.45, 7) is 5.97. The molecule has 5 heteroatoms. The van der Waals surface area contributed by atoms with Gasteiger partial charge in [-0.25, -0.2) is 4.98 Å². The number of para-hydroxylation sites is 1. The lowest BCUT2D eigenvalue weighted by molar-refractivity contribution is 0.455. The minimum Gasteiger partial charge on any atom is -0.437 e. The molecule has 0 bridgehead atoms. The Bertz CT molecular complexity index is 599. The molecule has 0 aliphatic heterocycles. The van der Waals surface area contributed by atoms with Gasteiger partial charge in [-0.2, -0.15) is 4.98 Å². The van der Waals surface area contributed by atoms with E-state index >= 15 is 0 Å². The van der Waals surface area contributed by atoms with Crippen LogP contribution >= 0.6 is 11.6 Å². The lowest BCUT2D eigenvalue weighted by Gasteiger charge is -2.14. The lowest BCUT2D eigenvalue weighted by atomic mass is 10.0. The summed E-state index contributed by atoms with van der Waals surface area (Å²) >= 11 is 5.83. The molecule has 1 heterocycles. The Morgan fingerprint density at radius 1 is 1.21 bits per heavy atom. The number of hydrogen-bond donors (Lipinski definition) is 1. The molecule has 0 saturated carbocycles. The first-order chi connectivity index (χ1) is 8.99. The van der Waals surface area contributed by atoms with Crippen LogP contribution in [-0.4, -0.2) is 9.97 Å². The summed E-state index contributed by atoms with van der Waals surface area (Å²) in [5.41, 5.74) is 8.02. The number of hydrogen-bond acceptors (Lipinski definition) is 4. The zero-order valence-electron chi connectivity index (χ0n) is 11.1. The second-order valence-corrected chi connectivity index (χ2v) is 4.93. The smallest absolute Gasteiger partial charge is 0.247 e. The van der Waals surface area contributed by atoms with Crippen molar-refractivity contribution in [2.45, 2.75) is 26.7 Å². The molecule has 1 aromatic carbocycles. The van der Waals surface area contributed by atoms with Crippen LogP contribution in [0.5, 0.6) is 11.6 Å². The third-order valence-corrected chi connectivity index (χ3v) is 2.99. The number of rotatable bonds is 3. The quantitative estimate of drug-likeness (QED) is 0.863. The molecule has 2 N–H and O–H groups in total. The SMILES string of the molecule is Cc1nc(Cl)nc(Oc2ccccc2C(C)C)c1N. The summed E-state index contributed by atoms with van der Waals surface area (Å²) in [7, 11) is 0. The number of nitrogens with two attached hydrogens (primary N) is 1. The fourth-order valence-electron chi connectivity index (χ4n) is 1.75. The van der Waals surface area contributed by atoms with Crippen LogP contribution in [0.1, 0.15) is 31.0 Å². The summed E-state index contributed by atoms with van der Waals surface area (Å²) < 4.78 is 5.80. The highest BCUT2D eigenvalue weighted by Crippen LogP contribution is 2.33. The minimum absolute atomic E-state index is 0.128. The lowest BCUT2D eigenvalue weighted by Crippen LogP contribution is -2.02. The number of nitrogen functional groups attached to an aromatic ring is 1. The largest absolute Gasteiger partial charge is 0.437 e. The van der Waals surface area contributed by atoms with E-state index in [4.69, 9.17) is 22.1 Å². The number of nitrogens with zero attached hydrogens (tertiary/aromatic N) is 2. The fourth-order valence-corrected chi connectivity index (χ4v) is 1.96. The van der Waals surface area contributed by atoms with Gasteiger partial charge < -0.3 is 10.5 Å². The number of aryl methyl sites for hydroxylation is 1. The average molecular weight is 278 g/mol. The van der Waals surface area contributed by atoms with E-state index in [0.717, 1.165) is 11.3 Å². The van der Waals surface area contributed by atoms with E-state index in [0.29, 0.717) is 23.2 Å². The van der Waals surface area contributed by atoms with Crippen molar-refractivity contribution in [1.82, 2.24) is 9.97 Å². The summed E-state index contributed by atoms with van der Waals surface area (Å²) in [4.78, 5) is 8.02. The van der Waals surface area contributed by atoms with Gasteiger partial charge >= 0.3 is 0 Å². The van der Waals surface area contributed by atoms with Crippen molar-refractivity contribution in [3.05, 3.63) is 40.8 Å². The van der Waals surface area contributed by atoms with Gasteiger partial charge in [-0.3, -0.25) is 0 Å². The van der Waals surface area contributed by atoms with Gasteiger partial charge in [0.2, 0.25) is 11.2 Å². The third-order valence-electron chi connectivity index (χ3n) is 2.82. The molecule has 0 fully saturated rings. The van der Waals surface area contributed by atoms with Gasteiger partial charge in [0.25, 0.3) is 0 Å². The maximum absolute atomic E-state index is 5.92. The van der Waals surface area contributed by atoms with Crippen LogP contribution in [0.4, 0.5) is 5.69 Å². The van der Waals surface area contributed by atoms with E-state index in [1.54, 1.807) is 6.92 Å². The van der Waals surface area contributed by atoms with E-state index in [1.165, 1.54) is 0 Å². The van der Waals surface area contributed by atoms with Gasteiger partial charge in [0.1, 0.15) is 11.4 Å². The number of halogens is 1. The Morgan fingerprint density at radius 3 is 2.58 bits per heavy atom. The van der Waals surface area contributed by atoms with Crippen molar-refractivity contribution in [2.75, 3.05) is 5.73 Å². The Hall–Kier alpha value is -1.81. The summed E-state index contributed by atoms with van der Waals surface area (Å²) in [6.07, 6.45) is 0. The molecule has 4 nitrogen and oxygen atoms in total. The van der Waals surface area contributed by atoms with Crippen LogP contribution in [0.25, 0.3) is 0 Å². The van der Waals surface area contributed by atoms with E-state index in [-0.39, 0.29) is 5.28 Å². The Morgan fingerprint density at radius 2 is 1.89 bits per heavy atom. The molecule has 0 aliphatic rings. The Kier molecular flexibility index (Phi) is 3.90. The molecule has 2 rings (SSSR count). The standard InChI is InChI=1S/C14H16ClN3O/c1-8(2)10-6-4-5-7-11(10)19-13-12(16)9(3)17-14(15)18-13/h4-8H,16H2,1-3H3. The Labute approximate surface area is 117 Å². The zero-order valence-corrected chi connectivity index (χ0v) is 11.9. The summed E-state index contributed by atoms with van der Waals surface area (Å²) in [5, 5.41) is 0.128. The van der Waals surface area contributed by atoms with Gasteiger partial charge in [-0.05, 0) is 36.1 Å². The number of ether oxygens (including phenoxy) is 1. The molecular weight excluding hydrogens is 262 g/mol. The van der Waals surface area contributed by atoms with E-state index < -0.39 is 0 Å². The molecule has 19 heavy (non-hydrogen) atoms. The van der Waals surface area contributed by atoms with Gasteiger partial charge in [0.15, 0.2) is 0 Å². The van der Waals surface area contributed by atoms with Crippen LogP contribution in [0.3, 0.4) is 0 Å². The molecule has 1 aromatic heterocycles. The van der Waals surface area contributed by atoms with Crippen LogP contribution < -0.4 is 10.5 Å². The molecule has 0 aliphatic carbocycles. The van der Waals surface area contributed by atoms with Crippen molar-refractivity contribution in [3.8, 4) is 11.6 Å². The molecule has 0 radical (unpaired) electrons. The molecule has 0 atom stereocenters. The van der Waals surface area contributed by atoms with Crippen LogP contribution in [0.15, 0.2) is 24.3 Å². The van der Waals surface area contributed by atoms with E-state index in [1.807, 2.05) is 24.3 Å². The second kappa shape index (κ2) is 5.45. The molecule has 0 spiro atoms. The number of benzene rings is 1. The van der Waals surface area contributed by atoms with Gasteiger partial charge in [-0.15, -0.1) is 0 Å². The summed E-state index contributed by atoms with van der Waals surface area (Å²) in [5.74, 6) is 1.37. The minimum atomic E-state index is 0.128. The predicted octanol–water partition coefficient (Wildman–Crippen LogP) is 3.94. The molecule has 0 saturated heterocycles. The molecule has 100 valence electrons. The van der Waals surface area contributed by atoms with Crippen molar-refractivity contribution in [1.29, 1.82) is 0 Å². The zero-order chi connectivity index (χ0) is 14.0. The molecule has 0 amide bonds.